The molecule has 182 valence electrons. The van der Waals surface area contributed by atoms with Crippen LogP contribution in [0.25, 0.3) is 0 Å². The van der Waals surface area contributed by atoms with Crippen LogP contribution in [0.1, 0.15) is 53.5 Å². The number of carbonyl (C=O) groups is 2. The van der Waals surface area contributed by atoms with Crippen LogP contribution in [0, 0.1) is 0 Å². The van der Waals surface area contributed by atoms with E-state index < -0.39 is 0 Å². The summed E-state index contributed by atoms with van der Waals surface area (Å²) in [7, 11) is 0. The van der Waals surface area contributed by atoms with Crippen molar-refractivity contribution < 1.29 is 19.1 Å². The zero-order chi connectivity index (χ0) is 24.2. The normalized spacial score (nSPS) is 24.7. The number of hydrogen-bond donors (Lipinski definition) is 3. The zero-order valence-electron chi connectivity index (χ0n) is 19.6. The molecule has 0 bridgehead atoms. The van der Waals surface area contributed by atoms with E-state index in [1.54, 1.807) is 6.20 Å². The summed E-state index contributed by atoms with van der Waals surface area (Å²) in [6, 6.07) is 15.8. The first kappa shape index (κ1) is 21.2. The fourth-order valence-corrected chi connectivity index (χ4v) is 5.81. The number of anilines is 1. The van der Waals surface area contributed by atoms with Gasteiger partial charge in [0.1, 0.15) is 29.2 Å². The molecule has 3 heterocycles. The molecule has 0 saturated heterocycles. The summed E-state index contributed by atoms with van der Waals surface area (Å²) in [5, 5.41) is 9.10. The largest absolute Gasteiger partial charge is 0.487 e. The Morgan fingerprint density at radius 3 is 2.92 bits per heavy atom. The first-order valence-electron chi connectivity index (χ1n) is 12.5. The van der Waals surface area contributed by atoms with Crippen molar-refractivity contribution >= 4 is 17.8 Å². The molecule has 4 atom stereocenters. The van der Waals surface area contributed by atoms with Gasteiger partial charge in [-0.15, -0.1) is 0 Å². The first-order chi connectivity index (χ1) is 17.6. The Bertz CT molecular complexity index is 1390. The highest BCUT2D eigenvalue weighted by Crippen LogP contribution is 2.54. The SMILES string of the molecule is O=C1CCc2c(Oc3ccc4c(c3)[C@H]3[C@@H](NC(=O)N[C@@H]5CCCc6ccccc65)[C@H]3O4)ccnc2N1. The van der Waals surface area contributed by atoms with Gasteiger partial charge in [-0.1, -0.05) is 24.3 Å². The number of carbonyl (C=O) groups excluding carboxylic acids is 2. The van der Waals surface area contributed by atoms with Gasteiger partial charge in [0.05, 0.1) is 18.0 Å². The first-order valence-corrected chi connectivity index (χ1v) is 12.5. The van der Waals surface area contributed by atoms with E-state index in [2.05, 4.69) is 39.1 Å². The number of nitrogens with zero attached hydrogens (tertiary/aromatic N) is 1. The summed E-state index contributed by atoms with van der Waals surface area (Å²) in [6.07, 6.45) is 5.68. The molecule has 3 N–H and O–H groups in total. The highest BCUT2D eigenvalue weighted by Gasteiger charge is 2.59. The van der Waals surface area contributed by atoms with Gasteiger partial charge in [0.15, 0.2) is 0 Å². The quantitative estimate of drug-likeness (QED) is 0.513. The van der Waals surface area contributed by atoms with Crippen molar-refractivity contribution in [2.75, 3.05) is 5.32 Å². The molecule has 4 aliphatic rings. The van der Waals surface area contributed by atoms with Crippen molar-refractivity contribution in [1.82, 2.24) is 15.6 Å². The smallest absolute Gasteiger partial charge is 0.315 e. The Balaban J connectivity index is 1.03. The number of nitrogens with one attached hydrogen (secondary N) is 3. The van der Waals surface area contributed by atoms with E-state index in [0.717, 1.165) is 36.1 Å². The average Bonchev–Trinajstić information content (AvgIpc) is 3.40. The molecule has 0 spiro atoms. The van der Waals surface area contributed by atoms with Gasteiger partial charge < -0.3 is 25.4 Å². The number of benzene rings is 2. The van der Waals surface area contributed by atoms with Crippen molar-refractivity contribution in [3.05, 3.63) is 77.0 Å². The van der Waals surface area contributed by atoms with E-state index in [4.69, 9.17) is 9.47 Å². The molecule has 0 radical (unpaired) electrons. The fourth-order valence-electron chi connectivity index (χ4n) is 5.81. The summed E-state index contributed by atoms with van der Waals surface area (Å²) in [5.74, 6) is 2.85. The minimum Gasteiger partial charge on any atom is -0.487 e. The number of urea groups is 1. The lowest BCUT2D eigenvalue weighted by molar-refractivity contribution is -0.116. The van der Waals surface area contributed by atoms with Crippen molar-refractivity contribution in [1.29, 1.82) is 0 Å². The van der Waals surface area contributed by atoms with Gasteiger partial charge in [0.25, 0.3) is 0 Å². The standard InChI is InChI=1S/C28H26N4O4/c33-23-11-9-18-22(12-13-29-27(18)31-23)35-16-8-10-21-19(14-16)24-25(26(24)36-21)32-28(34)30-20-7-3-5-15-4-1-2-6-17(15)20/h1-2,4,6,8,10,12-14,20,24-26H,3,5,7,9,11H2,(H,29,31,33)(H2,30,32,34)/t20-,24+,25-,26+/m1/s1. The highest BCUT2D eigenvalue weighted by atomic mass is 16.5. The van der Waals surface area contributed by atoms with E-state index in [1.807, 2.05) is 30.3 Å². The van der Waals surface area contributed by atoms with Crippen LogP contribution in [0.3, 0.4) is 0 Å². The maximum Gasteiger partial charge on any atom is 0.315 e. The molecule has 2 aromatic carbocycles. The monoisotopic (exact) mass is 482 g/mol. The lowest BCUT2D eigenvalue weighted by atomic mass is 9.88. The van der Waals surface area contributed by atoms with Gasteiger partial charge in [-0.25, -0.2) is 9.78 Å². The van der Waals surface area contributed by atoms with Crippen LogP contribution in [0.2, 0.25) is 0 Å². The lowest BCUT2D eigenvalue weighted by Crippen LogP contribution is -2.41. The van der Waals surface area contributed by atoms with Gasteiger partial charge in [-0.05, 0) is 61.1 Å². The topological polar surface area (TPSA) is 102 Å². The minimum absolute atomic E-state index is 0.0307. The fraction of sp³-hybridized carbons (Fsp3) is 0.321. The number of fused-ring (bicyclic) bond motifs is 5. The Morgan fingerprint density at radius 2 is 1.97 bits per heavy atom. The molecule has 8 nitrogen and oxygen atoms in total. The Kier molecular flexibility index (Phi) is 4.87. The minimum atomic E-state index is -0.154. The van der Waals surface area contributed by atoms with Crippen LogP contribution >= 0.6 is 0 Å². The van der Waals surface area contributed by atoms with Crippen LogP contribution in [-0.2, 0) is 17.6 Å². The maximum atomic E-state index is 12.8. The molecular formula is C28H26N4O4. The molecule has 8 heteroatoms. The third-order valence-corrected chi connectivity index (χ3v) is 7.63. The van der Waals surface area contributed by atoms with Crippen LogP contribution < -0.4 is 25.4 Å². The van der Waals surface area contributed by atoms with E-state index in [0.29, 0.717) is 30.2 Å². The molecule has 3 aromatic rings. The van der Waals surface area contributed by atoms with E-state index in [9.17, 15) is 9.59 Å². The highest BCUT2D eigenvalue weighted by molar-refractivity contribution is 5.93. The molecule has 2 aliphatic carbocycles. The third-order valence-electron chi connectivity index (χ3n) is 7.63. The number of hydrogen-bond acceptors (Lipinski definition) is 5. The molecule has 0 unspecified atom stereocenters. The number of aromatic nitrogens is 1. The Morgan fingerprint density at radius 1 is 1.06 bits per heavy atom. The third kappa shape index (κ3) is 3.64. The van der Waals surface area contributed by atoms with Gasteiger partial charge in [0.2, 0.25) is 5.91 Å². The second-order valence-electron chi connectivity index (χ2n) is 9.88. The maximum absolute atomic E-state index is 12.8. The molecule has 1 aromatic heterocycles. The van der Waals surface area contributed by atoms with Crippen LogP contribution in [0.15, 0.2) is 54.7 Å². The summed E-state index contributed by atoms with van der Waals surface area (Å²) in [4.78, 5) is 28.8. The second-order valence-corrected chi connectivity index (χ2v) is 9.88. The van der Waals surface area contributed by atoms with Gasteiger partial charge >= 0.3 is 6.03 Å². The van der Waals surface area contributed by atoms with Crippen molar-refractivity contribution in [3.8, 4) is 17.2 Å². The molecule has 2 aliphatic heterocycles. The van der Waals surface area contributed by atoms with Crippen LogP contribution in [0.5, 0.6) is 17.2 Å². The van der Waals surface area contributed by atoms with E-state index in [1.165, 1.54) is 11.1 Å². The number of ether oxygens (including phenoxy) is 2. The van der Waals surface area contributed by atoms with Crippen LogP contribution in [-0.4, -0.2) is 29.1 Å². The average molecular weight is 483 g/mol. The van der Waals surface area contributed by atoms with Crippen LogP contribution in [0.4, 0.5) is 10.6 Å². The number of amides is 3. The molecular weight excluding hydrogens is 456 g/mol. The Labute approximate surface area is 208 Å². The zero-order valence-corrected chi connectivity index (χ0v) is 19.6. The second kappa shape index (κ2) is 8.26. The van der Waals surface area contributed by atoms with Gasteiger partial charge in [0, 0.05) is 23.7 Å². The molecule has 7 rings (SSSR count). The van der Waals surface area contributed by atoms with Crippen molar-refractivity contribution in [3.63, 3.8) is 0 Å². The number of aryl methyl sites for hydroxylation is 1. The Hall–Kier alpha value is -4.07. The van der Waals surface area contributed by atoms with Gasteiger partial charge in [-0.3, -0.25) is 4.79 Å². The molecule has 1 saturated carbocycles. The molecule has 3 amide bonds. The number of rotatable bonds is 4. The molecule has 1 fully saturated rings. The summed E-state index contributed by atoms with van der Waals surface area (Å²) < 4.78 is 12.3. The molecule has 36 heavy (non-hydrogen) atoms. The van der Waals surface area contributed by atoms with Crippen molar-refractivity contribution in [2.45, 2.75) is 56.2 Å². The van der Waals surface area contributed by atoms with Crippen molar-refractivity contribution in [2.24, 2.45) is 0 Å². The lowest BCUT2D eigenvalue weighted by Gasteiger charge is -2.26. The summed E-state index contributed by atoms with van der Waals surface area (Å²) >= 11 is 0. The number of pyridine rings is 1. The summed E-state index contributed by atoms with van der Waals surface area (Å²) in [5.41, 5.74) is 4.48. The van der Waals surface area contributed by atoms with E-state index in [-0.39, 0.29) is 36.0 Å². The van der Waals surface area contributed by atoms with Gasteiger partial charge in [-0.2, -0.15) is 0 Å². The summed E-state index contributed by atoms with van der Waals surface area (Å²) in [6.45, 7) is 0. The van der Waals surface area contributed by atoms with E-state index >= 15 is 0 Å². The predicted molar refractivity (Wildman–Crippen MR) is 132 cm³/mol. The predicted octanol–water partition coefficient (Wildman–Crippen LogP) is 4.36.